The Morgan fingerprint density at radius 1 is 1.44 bits per heavy atom. The third-order valence-corrected chi connectivity index (χ3v) is 2.83. The molecule has 3 nitrogen and oxygen atoms in total. The lowest BCUT2D eigenvalue weighted by Crippen LogP contribution is -2.41. The van der Waals surface area contributed by atoms with E-state index in [1.807, 2.05) is 19.9 Å². The maximum absolute atomic E-state index is 13.3. The number of rotatable bonds is 6. The van der Waals surface area contributed by atoms with E-state index in [0.29, 0.717) is 13.2 Å². The number of hydrogen-bond donors (Lipinski definition) is 1. The van der Waals surface area contributed by atoms with E-state index < -0.39 is 5.54 Å². The summed E-state index contributed by atoms with van der Waals surface area (Å²) in [5.41, 5.74) is 0.140. The highest BCUT2D eigenvalue weighted by Crippen LogP contribution is 2.25. The summed E-state index contributed by atoms with van der Waals surface area (Å²) in [6.45, 7) is 6.63. The van der Waals surface area contributed by atoms with E-state index in [-0.39, 0.29) is 18.2 Å². The normalized spacial score (nSPS) is 14.0. The molecule has 0 aliphatic heterocycles. The van der Waals surface area contributed by atoms with Gasteiger partial charge in [0.05, 0.1) is 18.6 Å². The van der Waals surface area contributed by atoms with Crippen LogP contribution in [0.5, 0.6) is 0 Å². The average Bonchev–Trinajstić information content (AvgIpc) is 2.29. The van der Waals surface area contributed by atoms with E-state index in [0.717, 1.165) is 5.56 Å². The summed E-state index contributed by atoms with van der Waals surface area (Å²) in [7, 11) is 0. The van der Waals surface area contributed by atoms with Crippen molar-refractivity contribution in [2.75, 3.05) is 13.2 Å². The molecule has 0 spiro atoms. The van der Waals surface area contributed by atoms with E-state index in [2.05, 4.69) is 5.32 Å². The lowest BCUT2D eigenvalue weighted by Gasteiger charge is -2.30. The number of carbonyl (C=O) groups excluding carboxylic acids is 1. The molecule has 1 unspecified atom stereocenters. The largest absolute Gasteiger partial charge is 0.466 e. The van der Waals surface area contributed by atoms with Crippen molar-refractivity contribution >= 4 is 5.97 Å². The Hall–Kier alpha value is -1.42. The minimum Gasteiger partial charge on any atom is -0.466 e. The SMILES string of the molecule is CCNC(C)(CC(=O)OCC)c1cccc(F)c1. The first kappa shape index (κ1) is 14.6. The topological polar surface area (TPSA) is 38.3 Å². The summed E-state index contributed by atoms with van der Waals surface area (Å²) in [5, 5.41) is 3.22. The number of esters is 1. The van der Waals surface area contributed by atoms with Crippen molar-refractivity contribution in [3.63, 3.8) is 0 Å². The Bertz CT molecular complexity index is 409. The zero-order chi connectivity index (χ0) is 13.6. The number of benzene rings is 1. The van der Waals surface area contributed by atoms with Gasteiger partial charge >= 0.3 is 5.97 Å². The van der Waals surface area contributed by atoms with Crippen LogP contribution in [0.4, 0.5) is 4.39 Å². The van der Waals surface area contributed by atoms with Gasteiger partial charge in [-0.2, -0.15) is 0 Å². The van der Waals surface area contributed by atoms with Gasteiger partial charge in [0.25, 0.3) is 0 Å². The van der Waals surface area contributed by atoms with Gasteiger partial charge in [0, 0.05) is 0 Å². The minimum absolute atomic E-state index is 0.179. The van der Waals surface area contributed by atoms with Crippen LogP contribution in [0.15, 0.2) is 24.3 Å². The monoisotopic (exact) mass is 253 g/mol. The number of halogens is 1. The molecule has 0 fully saturated rings. The van der Waals surface area contributed by atoms with Gasteiger partial charge in [-0.25, -0.2) is 4.39 Å². The number of hydrogen-bond acceptors (Lipinski definition) is 3. The Labute approximate surface area is 107 Å². The number of carbonyl (C=O) groups is 1. The van der Waals surface area contributed by atoms with Crippen molar-refractivity contribution in [1.29, 1.82) is 0 Å². The molecule has 0 saturated heterocycles. The molecule has 4 heteroatoms. The van der Waals surface area contributed by atoms with Gasteiger partial charge in [0.15, 0.2) is 0 Å². The average molecular weight is 253 g/mol. The summed E-state index contributed by atoms with van der Waals surface area (Å²) in [6.07, 6.45) is 0.179. The first-order valence-corrected chi connectivity index (χ1v) is 6.18. The second-order valence-corrected chi connectivity index (χ2v) is 4.35. The highest BCUT2D eigenvalue weighted by atomic mass is 19.1. The molecular weight excluding hydrogens is 233 g/mol. The van der Waals surface area contributed by atoms with Crippen molar-refractivity contribution in [1.82, 2.24) is 5.32 Å². The third kappa shape index (κ3) is 3.81. The van der Waals surface area contributed by atoms with Gasteiger partial charge < -0.3 is 10.1 Å². The Morgan fingerprint density at radius 2 is 2.17 bits per heavy atom. The third-order valence-electron chi connectivity index (χ3n) is 2.83. The Morgan fingerprint density at radius 3 is 2.72 bits per heavy atom. The lowest BCUT2D eigenvalue weighted by atomic mass is 9.88. The highest BCUT2D eigenvalue weighted by Gasteiger charge is 2.29. The predicted octanol–water partition coefficient (Wildman–Crippen LogP) is 2.60. The fraction of sp³-hybridized carbons (Fsp3) is 0.500. The fourth-order valence-corrected chi connectivity index (χ4v) is 1.99. The Balaban J connectivity index is 2.95. The quantitative estimate of drug-likeness (QED) is 0.792. The zero-order valence-electron chi connectivity index (χ0n) is 11.1. The van der Waals surface area contributed by atoms with Gasteiger partial charge in [0.1, 0.15) is 5.82 Å². The van der Waals surface area contributed by atoms with Gasteiger partial charge in [-0.1, -0.05) is 19.1 Å². The maximum Gasteiger partial charge on any atom is 0.307 e. The molecule has 0 bridgehead atoms. The molecule has 0 heterocycles. The van der Waals surface area contributed by atoms with E-state index in [9.17, 15) is 9.18 Å². The molecule has 100 valence electrons. The number of ether oxygens (including phenoxy) is 1. The van der Waals surface area contributed by atoms with Crippen molar-refractivity contribution in [3.8, 4) is 0 Å². The van der Waals surface area contributed by atoms with Crippen LogP contribution in [-0.2, 0) is 15.1 Å². The molecule has 18 heavy (non-hydrogen) atoms. The van der Waals surface area contributed by atoms with Crippen LogP contribution < -0.4 is 5.32 Å². The fourth-order valence-electron chi connectivity index (χ4n) is 1.99. The lowest BCUT2D eigenvalue weighted by molar-refractivity contribution is -0.144. The Kier molecular flexibility index (Phi) is 5.28. The molecule has 1 rings (SSSR count). The van der Waals surface area contributed by atoms with Crippen LogP contribution in [0.2, 0.25) is 0 Å². The summed E-state index contributed by atoms with van der Waals surface area (Å²) in [4.78, 5) is 11.6. The number of nitrogens with one attached hydrogen (secondary N) is 1. The molecule has 0 radical (unpaired) electrons. The van der Waals surface area contributed by atoms with Crippen molar-refractivity contribution in [2.45, 2.75) is 32.7 Å². The summed E-state index contributed by atoms with van der Waals surface area (Å²) >= 11 is 0. The van der Waals surface area contributed by atoms with E-state index >= 15 is 0 Å². The van der Waals surface area contributed by atoms with Crippen LogP contribution >= 0.6 is 0 Å². The summed E-state index contributed by atoms with van der Waals surface area (Å²) < 4.78 is 18.2. The summed E-state index contributed by atoms with van der Waals surface area (Å²) in [5.74, 6) is -0.592. The smallest absolute Gasteiger partial charge is 0.307 e. The van der Waals surface area contributed by atoms with Crippen molar-refractivity contribution in [2.24, 2.45) is 0 Å². The second-order valence-electron chi connectivity index (χ2n) is 4.35. The van der Waals surface area contributed by atoms with E-state index in [1.165, 1.54) is 12.1 Å². The first-order valence-electron chi connectivity index (χ1n) is 6.18. The van der Waals surface area contributed by atoms with Gasteiger partial charge in [-0.3, -0.25) is 4.79 Å². The molecule has 0 amide bonds. The van der Waals surface area contributed by atoms with Crippen LogP contribution in [0.25, 0.3) is 0 Å². The van der Waals surface area contributed by atoms with Gasteiger partial charge in [-0.05, 0) is 38.1 Å². The molecule has 0 aliphatic carbocycles. The molecule has 1 atom stereocenters. The highest BCUT2D eigenvalue weighted by molar-refractivity contribution is 5.71. The predicted molar refractivity (Wildman–Crippen MR) is 68.7 cm³/mol. The van der Waals surface area contributed by atoms with E-state index in [1.54, 1.807) is 13.0 Å². The standard InChI is InChI=1S/C14H20FNO2/c1-4-16-14(3,10-13(17)18-5-2)11-7-6-8-12(15)9-11/h6-9,16H,4-5,10H2,1-3H3. The minimum atomic E-state index is -0.608. The van der Waals surface area contributed by atoms with Crippen LogP contribution in [0.3, 0.4) is 0 Å². The van der Waals surface area contributed by atoms with Gasteiger partial charge in [-0.15, -0.1) is 0 Å². The zero-order valence-corrected chi connectivity index (χ0v) is 11.1. The molecule has 1 aromatic rings. The molecule has 1 aromatic carbocycles. The van der Waals surface area contributed by atoms with Gasteiger partial charge in [0.2, 0.25) is 0 Å². The molecule has 0 saturated carbocycles. The first-order chi connectivity index (χ1) is 8.51. The molecule has 1 N–H and O–H groups in total. The molecular formula is C14H20FNO2. The summed E-state index contributed by atoms with van der Waals surface area (Å²) in [6, 6.07) is 6.29. The van der Waals surface area contributed by atoms with Crippen LogP contribution in [0.1, 0.15) is 32.8 Å². The maximum atomic E-state index is 13.3. The van der Waals surface area contributed by atoms with Crippen LogP contribution in [0, 0.1) is 5.82 Å². The second kappa shape index (κ2) is 6.50. The van der Waals surface area contributed by atoms with Crippen molar-refractivity contribution < 1.29 is 13.9 Å². The molecule has 0 aromatic heterocycles. The van der Waals surface area contributed by atoms with Crippen molar-refractivity contribution in [3.05, 3.63) is 35.6 Å². The van der Waals surface area contributed by atoms with E-state index in [4.69, 9.17) is 4.74 Å². The molecule has 0 aliphatic rings. The van der Waals surface area contributed by atoms with Crippen LogP contribution in [-0.4, -0.2) is 19.1 Å².